The molecule has 0 unspecified atom stereocenters. The zero-order valence-electron chi connectivity index (χ0n) is 19.4. The van der Waals surface area contributed by atoms with E-state index < -0.39 is 5.41 Å². The number of hydrogen-bond acceptors (Lipinski definition) is 3. The molecule has 3 rings (SSSR count). The van der Waals surface area contributed by atoms with Crippen LogP contribution in [0.3, 0.4) is 0 Å². The van der Waals surface area contributed by atoms with Gasteiger partial charge in [-0.2, -0.15) is 5.26 Å². The van der Waals surface area contributed by atoms with Crippen molar-refractivity contribution >= 4 is 5.91 Å². The first-order valence-electron chi connectivity index (χ1n) is 11.4. The van der Waals surface area contributed by atoms with E-state index in [0.29, 0.717) is 19.4 Å². The summed E-state index contributed by atoms with van der Waals surface area (Å²) in [7, 11) is 1.71. The van der Waals surface area contributed by atoms with Gasteiger partial charge in [0, 0.05) is 6.54 Å². The summed E-state index contributed by atoms with van der Waals surface area (Å²) in [5, 5.41) is 11.7. The summed E-state index contributed by atoms with van der Waals surface area (Å²) in [5.74, 6) is 1.55. The van der Waals surface area contributed by atoms with Gasteiger partial charge in [-0.1, -0.05) is 68.7 Å². The van der Waals surface area contributed by atoms with Crippen molar-refractivity contribution < 1.29 is 9.53 Å². The monoisotopic (exact) mass is 420 g/mol. The highest BCUT2D eigenvalue weighted by atomic mass is 16.5. The molecule has 0 bridgehead atoms. The van der Waals surface area contributed by atoms with E-state index in [2.05, 4.69) is 49.5 Å². The van der Waals surface area contributed by atoms with E-state index in [1.165, 1.54) is 36.8 Å². The number of amides is 1. The maximum Gasteiger partial charge on any atom is 0.240 e. The maximum atomic E-state index is 11.7. The highest BCUT2D eigenvalue weighted by Crippen LogP contribution is 2.45. The number of ether oxygens (including phenoxy) is 1. The molecule has 0 spiro atoms. The number of nitriles is 1. The molecule has 1 aliphatic carbocycles. The molecule has 0 saturated heterocycles. The largest absolute Gasteiger partial charge is 0.497 e. The molecule has 0 heterocycles. The zero-order valence-corrected chi connectivity index (χ0v) is 19.4. The van der Waals surface area contributed by atoms with Crippen LogP contribution in [0.4, 0.5) is 0 Å². The van der Waals surface area contributed by atoms with Gasteiger partial charge >= 0.3 is 0 Å². The van der Waals surface area contributed by atoms with Crippen molar-refractivity contribution in [3.8, 4) is 11.8 Å². The Kier molecular flexibility index (Phi) is 9.59. The van der Waals surface area contributed by atoms with Crippen molar-refractivity contribution in [2.24, 2.45) is 5.41 Å². The summed E-state index contributed by atoms with van der Waals surface area (Å²) in [5.41, 5.74) is 3.00. The van der Waals surface area contributed by atoms with Crippen LogP contribution in [0.1, 0.15) is 75.0 Å². The van der Waals surface area contributed by atoms with Crippen LogP contribution in [0.15, 0.2) is 48.5 Å². The second-order valence-corrected chi connectivity index (χ2v) is 8.41. The predicted molar refractivity (Wildman–Crippen MR) is 126 cm³/mol. The predicted octanol–water partition coefficient (Wildman–Crippen LogP) is 6.29. The van der Waals surface area contributed by atoms with Crippen molar-refractivity contribution in [3.05, 3.63) is 65.2 Å². The molecule has 1 aliphatic rings. The van der Waals surface area contributed by atoms with Gasteiger partial charge < -0.3 is 10.1 Å². The maximum absolute atomic E-state index is 11.7. The first kappa shape index (κ1) is 24.5. The van der Waals surface area contributed by atoms with Gasteiger partial charge in [0.2, 0.25) is 5.91 Å². The van der Waals surface area contributed by atoms with Crippen LogP contribution in [0.2, 0.25) is 0 Å². The van der Waals surface area contributed by atoms with Crippen molar-refractivity contribution in [1.82, 2.24) is 5.32 Å². The summed E-state index contributed by atoms with van der Waals surface area (Å²) in [6.45, 7) is 7.04. The molecule has 0 atom stereocenters. The van der Waals surface area contributed by atoms with Crippen molar-refractivity contribution in [1.29, 1.82) is 5.26 Å². The average molecular weight is 421 g/mol. The minimum absolute atomic E-state index is 0.129. The fourth-order valence-corrected chi connectivity index (χ4v) is 3.62. The van der Waals surface area contributed by atoms with Gasteiger partial charge in [0.05, 0.1) is 13.2 Å². The van der Waals surface area contributed by atoms with Gasteiger partial charge in [0.1, 0.15) is 11.2 Å². The molecular weight excluding hydrogens is 384 g/mol. The molecule has 166 valence electrons. The molecule has 1 fully saturated rings. The molecule has 0 aromatic heterocycles. The summed E-state index contributed by atoms with van der Waals surface area (Å²) >= 11 is 0. The molecule has 2 aromatic carbocycles. The molecule has 1 saturated carbocycles. The topological polar surface area (TPSA) is 62.1 Å². The Morgan fingerprint density at radius 1 is 1.06 bits per heavy atom. The van der Waals surface area contributed by atoms with Crippen LogP contribution < -0.4 is 10.1 Å². The zero-order chi connectivity index (χ0) is 22.7. The smallest absolute Gasteiger partial charge is 0.240 e. The molecule has 0 aliphatic heterocycles. The van der Waals surface area contributed by atoms with Gasteiger partial charge in [-0.25, -0.2) is 0 Å². The van der Waals surface area contributed by atoms with E-state index in [0.717, 1.165) is 17.2 Å². The lowest BCUT2D eigenvalue weighted by Gasteiger charge is -2.15. The summed E-state index contributed by atoms with van der Waals surface area (Å²) in [6, 6.07) is 18.6. The van der Waals surface area contributed by atoms with E-state index in [-0.39, 0.29) is 5.91 Å². The number of carbonyl (C=O) groups is 1. The van der Waals surface area contributed by atoms with Gasteiger partial charge in [0.15, 0.2) is 0 Å². The Bertz CT molecular complexity index is 840. The molecular formula is C27H36N2O2. The molecule has 4 nitrogen and oxygen atoms in total. The van der Waals surface area contributed by atoms with Gasteiger partial charge in [-0.3, -0.25) is 4.79 Å². The first-order valence-corrected chi connectivity index (χ1v) is 11.4. The molecule has 0 radical (unpaired) electrons. The lowest BCUT2D eigenvalue weighted by Crippen LogP contribution is -2.30. The van der Waals surface area contributed by atoms with Crippen LogP contribution in [-0.4, -0.2) is 13.0 Å². The van der Waals surface area contributed by atoms with E-state index in [4.69, 9.17) is 10.00 Å². The lowest BCUT2D eigenvalue weighted by atomic mass is 9.90. The van der Waals surface area contributed by atoms with E-state index in [1.54, 1.807) is 7.11 Å². The third-order valence-corrected chi connectivity index (χ3v) is 5.83. The SMILES string of the molecule is CCCC(CCC)c1ccc(OC)cc1.Cc1ccc(CNC(=O)C2(C#N)CC2)cc1. The Hall–Kier alpha value is -2.80. The quantitative estimate of drug-likeness (QED) is 0.518. The lowest BCUT2D eigenvalue weighted by molar-refractivity contribution is -0.124. The summed E-state index contributed by atoms with van der Waals surface area (Å²) in [4.78, 5) is 11.7. The number of nitrogens with one attached hydrogen (secondary N) is 1. The standard InChI is InChI=1S/C14H22O.C13H14N2O/c1-4-6-12(7-5-2)13-8-10-14(15-3)11-9-13;1-10-2-4-11(5-3-10)8-15-12(16)13(9-14)6-7-13/h8-12H,4-7H2,1-3H3;2-5H,6-8H2,1H3,(H,15,16). The van der Waals surface area contributed by atoms with Gasteiger partial charge in [-0.05, 0) is 61.8 Å². The Morgan fingerprint density at radius 2 is 1.65 bits per heavy atom. The number of carbonyl (C=O) groups excluding carboxylic acids is 1. The fourth-order valence-electron chi connectivity index (χ4n) is 3.62. The highest BCUT2D eigenvalue weighted by molar-refractivity contribution is 5.88. The highest BCUT2D eigenvalue weighted by Gasteiger charge is 2.50. The fraction of sp³-hybridized carbons (Fsp3) is 0.481. The molecule has 4 heteroatoms. The van der Waals surface area contributed by atoms with E-state index in [1.807, 2.05) is 31.2 Å². The van der Waals surface area contributed by atoms with Crippen molar-refractivity contribution in [2.45, 2.75) is 71.8 Å². The molecule has 1 amide bonds. The number of nitrogens with zero attached hydrogens (tertiary/aromatic N) is 1. The second-order valence-electron chi connectivity index (χ2n) is 8.41. The van der Waals surface area contributed by atoms with Crippen LogP contribution >= 0.6 is 0 Å². The second kappa shape index (κ2) is 12.2. The van der Waals surface area contributed by atoms with Crippen molar-refractivity contribution in [2.75, 3.05) is 7.11 Å². The van der Waals surface area contributed by atoms with E-state index in [9.17, 15) is 4.79 Å². The minimum atomic E-state index is -0.718. The molecule has 1 N–H and O–H groups in total. The Balaban J connectivity index is 0.000000221. The number of hydrogen-bond donors (Lipinski definition) is 1. The van der Waals surface area contributed by atoms with Gasteiger partial charge in [0.25, 0.3) is 0 Å². The van der Waals surface area contributed by atoms with Crippen molar-refractivity contribution in [3.63, 3.8) is 0 Å². The third-order valence-electron chi connectivity index (χ3n) is 5.83. The minimum Gasteiger partial charge on any atom is -0.497 e. The normalized spacial score (nSPS) is 13.5. The van der Waals surface area contributed by atoms with Crippen LogP contribution in [-0.2, 0) is 11.3 Å². The Morgan fingerprint density at radius 3 is 2.10 bits per heavy atom. The van der Waals surface area contributed by atoms with E-state index >= 15 is 0 Å². The average Bonchev–Trinajstić information content (AvgIpc) is 3.60. The summed E-state index contributed by atoms with van der Waals surface area (Å²) in [6.07, 6.45) is 6.50. The first-order chi connectivity index (χ1) is 15.0. The number of benzene rings is 2. The number of aryl methyl sites for hydroxylation is 1. The number of rotatable bonds is 9. The van der Waals surface area contributed by atoms with Crippen LogP contribution in [0.5, 0.6) is 5.75 Å². The molecule has 31 heavy (non-hydrogen) atoms. The summed E-state index contributed by atoms with van der Waals surface area (Å²) < 4.78 is 5.17. The van der Waals surface area contributed by atoms with Crippen LogP contribution in [0.25, 0.3) is 0 Å². The van der Waals surface area contributed by atoms with Gasteiger partial charge in [-0.15, -0.1) is 0 Å². The third kappa shape index (κ3) is 7.43. The number of methoxy groups -OCH3 is 1. The molecule has 2 aromatic rings. The van der Waals surface area contributed by atoms with Crippen LogP contribution in [0, 0.1) is 23.7 Å². The Labute approximate surface area is 187 Å².